The highest BCUT2D eigenvalue weighted by Gasteiger charge is 2.33. The number of methoxy groups -OCH3 is 1. The number of rotatable bonds is 8. The summed E-state index contributed by atoms with van der Waals surface area (Å²) in [6.07, 6.45) is 10.6. The number of aromatic nitrogens is 1. The molecule has 0 spiro atoms. The molecule has 2 rings (SSSR count). The van der Waals surface area contributed by atoms with Gasteiger partial charge < -0.3 is 4.74 Å². The molecule has 1 aliphatic rings. The van der Waals surface area contributed by atoms with Crippen molar-refractivity contribution in [3.05, 3.63) is 35.2 Å². The molecule has 1 aromatic rings. The number of ether oxygens (including phenoxy) is 1. The lowest BCUT2D eigenvalue weighted by molar-refractivity contribution is -0.112. The largest absolute Gasteiger partial charge is 0.496 e. The zero-order valence-corrected chi connectivity index (χ0v) is 13.4. The van der Waals surface area contributed by atoms with Crippen molar-refractivity contribution in [3.8, 4) is 0 Å². The molecule has 22 heavy (non-hydrogen) atoms. The van der Waals surface area contributed by atoms with Crippen LogP contribution in [0.5, 0.6) is 0 Å². The Hall–Kier alpha value is -1.97. The van der Waals surface area contributed by atoms with Gasteiger partial charge in [0.2, 0.25) is 11.6 Å². The molecule has 0 saturated heterocycles. The van der Waals surface area contributed by atoms with Gasteiger partial charge in [-0.2, -0.15) is 0 Å². The van der Waals surface area contributed by atoms with Gasteiger partial charge in [0.05, 0.1) is 7.11 Å². The number of carbonyl (C=O) groups is 2. The first kappa shape index (κ1) is 16.4. The predicted molar refractivity (Wildman–Crippen MR) is 85.5 cm³/mol. The van der Waals surface area contributed by atoms with E-state index in [4.69, 9.17) is 4.74 Å². The molecule has 0 unspecified atom stereocenters. The number of hydrogen-bond donors (Lipinski definition) is 0. The standard InChI is InChI=1S/C18H23NO3/c1-3-4-5-6-7-8-9-14-17(21)16(20)13-10-11-19-12-15(13)18(14)22-2/h10-12H,3-9H2,1-2H3. The summed E-state index contributed by atoms with van der Waals surface area (Å²) in [5, 5.41) is 0. The number of unbranched alkanes of at least 4 members (excludes halogenated alkanes) is 5. The molecule has 0 radical (unpaired) electrons. The highest BCUT2D eigenvalue weighted by molar-refractivity contribution is 6.52. The maximum Gasteiger partial charge on any atom is 0.234 e. The average molecular weight is 301 g/mol. The van der Waals surface area contributed by atoms with E-state index in [1.165, 1.54) is 39.0 Å². The molecule has 4 heteroatoms. The molecule has 1 heterocycles. The SMILES string of the molecule is CCCCCCCCC1=C(OC)c2cnccc2C(=O)C1=O. The first-order chi connectivity index (χ1) is 10.7. The van der Waals surface area contributed by atoms with E-state index in [-0.39, 0.29) is 0 Å². The third-order valence-corrected chi connectivity index (χ3v) is 4.05. The Balaban J connectivity index is 2.12. The molecule has 0 saturated carbocycles. The van der Waals surface area contributed by atoms with Gasteiger partial charge in [-0.05, 0) is 18.9 Å². The van der Waals surface area contributed by atoms with Crippen LogP contribution >= 0.6 is 0 Å². The first-order valence-electron chi connectivity index (χ1n) is 8.01. The smallest absolute Gasteiger partial charge is 0.234 e. The summed E-state index contributed by atoms with van der Waals surface area (Å²) >= 11 is 0. The second-order valence-corrected chi connectivity index (χ2v) is 5.61. The van der Waals surface area contributed by atoms with Crippen LogP contribution in [0.4, 0.5) is 0 Å². The van der Waals surface area contributed by atoms with Crippen LogP contribution in [0.1, 0.15) is 67.8 Å². The predicted octanol–water partition coefficient (Wildman–Crippen LogP) is 3.96. The maximum absolute atomic E-state index is 12.3. The fourth-order valence-electron chi connectivity index (χ4n) is 2.84. The molecule has 0 fully saturated rings. The second kappa shape index (κ2) is 7.87. The van der Waals surface area contributed by atoms with Crippen molar-refractivity contribution in [1.82, 2.24) is 4.98 Å². The molecule has 0 atom stereocenters. The Morgan fingerprint density at radius 2 is 1.73 bits per heavy atom. The lowest BCUT2D eigenvalue weighted by Crippen LogP contribution is -2.24. The molecule has 0 aromatic carbocycles. The Morgan fingerprint density at radius 1 is 1.00 bits per heavy atom. The molecule has 1 aliphatic carbocycles. The summed E-state index contributed by atoms with van der Waals surface area (Å²) in [6, 6.07) is 1.58. The van der Waals surface area contributed by atoms with Gasteiger partial charge in [-0.1, -0.05) is 39.0 Å². The fraction of sp³-hybridized carbons (Fsp3) is 0.500. The van der Waals surface area contributed by atoms with Crippen LogP contribution in [-0.2, 0) is 9.53 Å². The Morgan fingerprint density at radius 3 is 2.45 bits per heavy atom. The van der Waals surface area contributed by atoms with Gasteiger partial charge in [0, 0.05) is 29.1 Å². The summed E-state index contributed by atoms with van der Waals surface area (Å²) < 4.78 is 5.41. The molecule has 0 amide bonds. The molecule has 0 bridgehead atoms. The van der Waals surface area contributed by atoms with Crippen LogP contribution in [0.25, 0.3) is 5.76 Å². The van der Waals surface area contributed by atoms with Crippen LogP contribution in [0.2, 0.25) is 0 Å². The first-order valence-corrected chi connectivity index (χ1v) is 8.01. The quantitative estimate of drug-likeness (QED) is 0.539. The lowest BCUT2D eigenvalue weighted by Gasteiger charge is -2.20. The van der Waals surface area contributed by atoms with Crippen molar-refractivity contribution >= 4 is 17.3 Å². The van der Waals surface area contributed by atoms with E-state index in [0.29, 0.717) is 28.9 Å². The summed E-state index contributed by atoms with van der Waals surface area (Å²) in [4.78, 5) is 28.6. The normalized spacial score (nSPS) is 14.3. The summed E-state index contributed by atoms with van der Waals surface area (Å²) in [7, 11) is 1.54. The number of pyridine rings is 1. The third-order valence-electron chi connectivity index (χ3n) is 4.05. The Bertz CT molecular complexity index is 590. The molecule has 4 nitrogen and oxygen atoms in total. The van der Waals surface area contributed by atoms with Gasteiger partial charge in [0.1, 0.15) is 5.76 Å². The van der Waals surface area contributed by atoms with Gasteiger partial charge in [-0.15, -0.1) is 0 Å². The van der Waals surface area contributed by atoms with Gasteiger partial charge in [0.15, 0.2) is 0 Å². The van der Waals surface area contributed by atoms with E-state index in [1.54, 1.807) is 12.3 Å². The summed E-state index contributed by atoms with van der Waals surface area (Å²) in [6.45, 7) is 2.19. The van der Waals surface area contributed by atoms with E-state index in [0.717, 1.165) is 12.8 Å². The summed E-state index contributed by atoms with van der Waals surface area (Å²) in [5.41, 5.74) is 1.53. The van der Waals surface area contributed by atoms with Gasteiger partial charge in [-0.25, -0.2) is 0 Å². The number of Topliss-reactive ketones (excluding diaryl/α,β-unsaturated/α-hetero) is 2. The number of ketones is 2. The second-order valence-electron chi connectivity index (χ2n) is 5.61. The topological polar surface area (TPSA) is 56.3 Å². The fourth-order valence-corrected chi connectivity index (χ4v) is 2.84. The highest BCUT2D eigenvalue weighted by Crippen LogP contribution is 2.32. The zero-order valence-electron chi connectivity index (χ0n) is 13.4. The molecule has 118 valence electrons. The van der Waals surface area contributed by atoms with Gasteiger partial charge >= 0.3 is 0 Å². The van der Waals surface area contributed by atoms with E-state index < -0.39 is 11.6 Å². The minimum absolute atomic E-state index is 0.392. The van der Waals surface area contributed by atoms with Crippen molar-refractivity contribution in [3.63, 3.8) is 0 Å². The minimum atomic E-state index is -0.445. The van der Waals surface area contributed by atoms with Crippen LogP contribution in [-0.4, -0.2) is 23.7 Å². The zero-order chi connectivity index (χ0) is 15.9. The number of fused-ring (bicyclic) bond motifs is 1. The number of nitrogens with zero attached hydrogens (tertiary/aromatic N) is 1. The van der Waals surface area contributed by atoms with Crippen LogP contribution < -0.4 is 0 Å². The number of carbonyl (C=O) groups excluding carboxylic acids is 2. The molecule has 0 aliphatic heterocycles. The molecular formula is C18H23NO3. The lowest BCUT2D eigenvalue weighted by atomic mass is 9.87. The average Bonchev–Trinajstić information content (AvgIpc) is 2.55. The van der Waals surface area contributed by atoms with Crippen molar-refractivity contribution < 1.29 is 14.3 Å². The minimum Gasteiger partial charge on any atom is -0.496 e. The van der Waals surface area contributed by atoms with Crippen molar-refractivity contribution in [1.29, 1.82) is 0 Å². The highest BCUT2D eigenvalue weighted by atomic mass is 16.5. The van der Waals surface area contributed by atoms with E-state index in [1.807, 2.05) is 0 Å². The van der Waals surface area contributed by atoms with Crippen LogP contribution in [0.15, 0.2) is 24.0 Å². The van der Waals surface area contributed by atoms with Crippen molar-refractivity contribution in [2.75, 3.05) is 7.11 Å². The van der Waals surface area contributed by atoms with Gasteiger partial charge in [0.25, 0.3) is 0 Å². The monoisotopic (exact) mass is 301 g/mol. The van der Waals surface area contributed by atoms with Crippen molar-refractivity contribution in [2.45, 2.75) is 51.9 Å². The van der Waals surface area contributed by atoms with Crippen LogP contribution in [0.3, 0.4) is 0 Å². The Kier molecular flexibility index (Phi) is 5.87. The summed E-state index contributed by atoms with van der Waals surface area (Å²) in [5.74, 6) is -0.357. The van der Waals surface area contributed by atoms with Crippen molar-refractivity contribution in [2.24, 2.45) is 0 Å². The Labute approximate surface area is 131 Å². The number of allylic oxidation sites excluding steroid dienone is 1. The molecule has 0 N–H and O–H groups in total. The van der Waals surface area contributed by atoms with Crippen LogP contribution in [0, 0.1) is 0 Å². The van der Waals surface area contributed by atoms with E-state index >= 15 is 0 Å². The van der Waals surface area contributed by atoms with E-state index in [9.17, 15) is 9.59 Å². The number of hydrogen-bond acceptors (Lipinski definition) is 4. The molecule has 1 aromatic heterocycles. The van der Waals surface area contributed by atoms with Gasteiger partial charge in [-0.3, -0.25) is 14.6 Å². The maximum atomic E-state index is 12.3. The third kappa shape index (κ3) is 3.43. The van der Waals surface area contributed by atoms with E-state index in [2.05, 4.69) is 11.9 Å². The molecular weight excluding hydrogens is 278 g/mol.